The fourth-order valence-corrected chi connectivity index (χ4v) is 2.07. The van der Waals surface area contributed by atoms with E-state index in [9.17, 15) is 9.50 Å². The van der Waals surface area contributed by atoms with E-state index in [1.54, 1.807) is 20.8 Å². The van der Waals surface area contributed by atoms with Crippen LogP contribution in [0.2, 0.25) is 0 Å². The maximum absolute atomic E-state index is 13.9. The molecule has 0 spiro atoms. The van der Waals surface area contributed by atoms with Gasteiger partial charge in [0.15, 0.2) is 0 Å². The van der Waals surface area contributed by atoms with Crippen LogP contribution in [-0.4, -0.2) is 17.3 Å². The maximum Gasteiger partial charge on any atom is 0.129 e. The van der Waals surface area contributed by atoms with Gasteiger partial charge in [0.1, 0.15) is 11.9 Å². The van der Waals surface area contributed by atoms with Gasteiger partial charge in [-0.05, 0) is 51.8 Å². The highest BCUT2D eigenvalue weighted by molar-refractivity contribution is 5.34. The van der Waals surface area contributed by atoms with Gasteiger partial charge in [0.25, 0.3) is 0 Å². The minimum atomic E-state index is -0.969. The number of hydrogen-bond acceptors (Lipinski definition) is 2. The molecule has 0 bridgehead atoms. The molecular formula is C14H21FO2. The van der Waals surface area contributed by atoms with Crippen molar-refractivity contribution in [1.82, 2.24) is 0 Å². The normalized spacial score (nSPS) is 13.8. The average Bonchev–Trinajstić information content (AvgIpc) is 2.15. The number of ether oxygens (including phenoxy) is 1. The van der Waals surface area contributed by atoms with Crippen LogP contribution < -0.4 is 0 Å². The van der Waals surface area contributed by atoms with Crippen LogP contribution in [0.5, 0.6) is 0 Å². The Morgan fingerprint density at radius 2 is 1.94 bits per heavy atom. The summed E-state index contributed by atoms with van der Waals surface area (Å²) in [6.07, 6.45) is -0.969. The molecule has 0 saturated carbocycles. The molecule has 0 aliphatic rings. The Kier molecular flexibility index (Phi) is 4.28. The van der Waals surface area contributed by atoms with Crippen LogP contribution >= 0.6 is 0 Å². The Labute approximate surface area is 102 Å². The third kappa shape index (κ3) is 3.05. The second-order valence-corrected chi connectivity index (χ2v) is 4.92. The summed E-state index contributed by atoms with van der Waals surface area (Å²) < 4.78 is 19.4. The zero-order valence-electron chi connectivity index (χ0n) is 11.2. The van der Waals surface area contributed by atoms with Crippen molar-refractivity contribution < 1.29 is 14.2 Å². The summed E-state index contributed by atoms with van der Waals surface area (Å²) in [7, 11) is 0. The van der Waals surface area contributed by atoms with E-state index in [-0.39, 0.29) is 5.82 Å². The van der Waals surface area contributed by atoms with Crippen LogP contribution in [0.1, 0.15) is 43.6 Å². The highest BCUT2D eigenvalue weighted by atomic mass is 19.1. The molecule has 0 fully saturated rings. The number of benzene rings is 1. The molecule has 1 N–H and O–H groups in total. The minimum Gasteiger partial charge on any atom is -0.385 e. The van der Waals surface area contributed by atoms with Gasteiger partial charge in [-0.25, -0.2) is 4.39 Å². The van der Waals surface area contributed by atoms with Crippen LogP contribution in [0.25, 0.3) is 0 Å². The molecule has 17 heavy (non-hydrogen) atoms. The monoisotopic (exact) mass is 240 g/mol. The van der Waals surface area contributed by atoms with Crippen molar-refractivity contribution in [2.75, 3.05) is 6.61 Å². The van der Waals surface area contributed by atoms with Gasteiger partial charge in [-0.1, -0.05) is 6.07 Å². The first-order valence-corrected chi connectivity index (χ1v) is 5.88. The second kappa shape index (κ2) is 5.15. The van der Waals surface area contributed by atoms with Crippen LogP contribution in [0, 0.1) is 19.7 Å². The lowest BCUT2D eigenvalue weighted by molar-refractivity contribution is -0.0996. The summed E-state index contributed by atoms with van der Waals surface area (Å²) in [6, 6.07) is 3.30. The molecule has 1 aromatic rings. The third-order valence-electron chi connectivity index (χ3n) is 2.93. The van der Waals surface area contributed by atoms with E-state index in [1.165, 1.54) is 6.07 Å². The molecule has 0 saturated heterocycles. The number of aryl methyl sites for hydroxylation is 2. The Morgan fingerprint density at radius 3 is 2.41 bits per heavy atom. The number of halogens is 1. The zero-order chi connectivity index (χ0) is 13.2. The van der Waals surface area contributed by atoms with Gasteiger partial charge in [0.2, 0.25) is 0 Å². The first kappa shape index (κ1) is 14.1. The highest BCUT2D eigenvalue weighted by Crippen LogP contribution is 2.32. The summed E-state index contributed by atoms with van der Waals surface area (Å²) in [6.45, 7) is 9.50. The summed E-state index contributed by atoms with van der Waals surface area (Å²) in [5.74, 6) is -0.372. The number of rotatable bonds is 4. The minimum absolute atomic E-state index is 0.328. The van der Waals surface area contributed by atoms with Crippen molar-refractivity contribution in [1.29, 1.82) is 0 Å². The summed E-state index contributed by atoms with van der Waals surface area (Å²) >= 11 is 0. The van der Waals surface area contributed by atoms with E-state index < -0.39 is 11.7 Å². The molecule has 1 atom stereocenters. The smallest absolute Gasteiger partial charge is 0.129 e. The topological polar surface area (TPSA) is 29.5 Å². The second-order valence-electron chi connectivity index (χ2n) is 4.92. The lowest BCUT2D eigenvalue weighted by atomic mass is 9.90. The van der Waals surface area contributed by atoms with Gasteiger partial charge in [-0.3, -0.25) is 0 Å². The van der Waals surface area contributed by atoms with Gasteiger partial charge in [0, 0.05) is 12.2 Å². The predicted molar refractivity (Wildman–Crippen MR) is 66.5 cm³/mol. The number of aliphatic hydroxyl groups is 1. The fraction of sp³-hybridized carbons (Fsp3) is 0.571. The average molecular weight is 240 g/mol. The van der Waals surface area contributed by atoms with E-state index in [1.807, 2.05) is 19.9 Å². The third-order valence-corrected chi connectivity index (χ3v) is 2.93. The molecule has 96 valence electrons. The lowest BCUT2D eigenvalue weighted by Crippen LogP contribution is -2.33. The molecular weight excluding hydrogens is 219 g/mol. The quantitative estimate of drug-likeness (QED) is 0.875. The van der Waals surface area contributed by atoms with E-state index in [0.717, 1.165) is 11.1 Å². The predicted octanol–water partition coefficient (Wildman–Crippen LogP) is 3.29. The molecule has 0 radical (unpaired) electrons. The Balaban J connectivity index is 3.16. The Bertz CT molecular complexity index is 376. The Morgan fingerprint density at radius 1 is 1.35 bits per heavy atom. The van der Waals surface area contributed by atoms with E-state index >= 15 is 0 Å². The zero-order valence-corrected chi connectivity index (χ0v) is 11.2. The van der Waals surface area contributed by atoms with Crippen molar-refractivity contribution in [3.05, 3.63) is 34.6 Å². The first-order valence-electron chi connectivity index (χ1n) is 5.88. The fourth-order valence-electron chi connectivity index (χ4n) is 2.07. The van der Waals surface area contributed by atoms with Crippen molar-refractivity contribution in [2.24, 2.45) is 0 Å². The van der Waals surface area contributed by atoms with Crippen LogP contribution in [0.3, 0.4) is 0 Å². The first-order chi connectivity index (χ1) is 7.79. The van der Waals surface area contributed by atoms with Gasteiger partial charge in [-0.2, -0.15) is 0 Å². The molecule has 0 aromatic heterocycles. The molecule has 0 aliphatic heterocycles. The molecule has 0 amide bonds. The highest BCUT2D eigenvalue weighted by Gasteiger charge is 2.32. The largest absolute Gasteiger partial charge is 0.385 e. The number of hydrogen-bond donors (Lipinski definition) is 1. The molecule has 0 heterocycles. The van der Waals surface area contributed by atoms with Gasteiger partial charge in [0.05, 0.1) is 5.60 Å². The van der Waals surface area contributed by atoms with E-state index in [4.69, 9.17) is 4.74 Å². The molecule has 0 aliphatic carbocycles. The van der Waals surface area contributed by atoms with Crippen molar-refractivity contribution in [3.8, 4) is 0 Å². The molecule has 1 unspecified atom stereocenters. The van der Waals surface area contributed by atoms with Crippen molar-refractivity contribution in [3.63, 3.8) is 0 Å². The molecule has 1 rings (SSSR count). The van der Waals surface area contributed by atoms with Crippen LogP contribution in [0.15, 0.2) is 12.1 Å². The maximum atomic E-state index is 13.9. The summed E-state index contributed by atoms with van der Waals surface area (Å²) in [5.41, 5.74) is 1.14. The number of aliphatic hydroxyl groups excluding tert-OH is 1. The van der Waals surface area contributed by atoms with Crippen molar-refractivity contribution >= 4 is 0 Å². The Hall–Kier alpha value is -0.930. The van der Waals surface area contributed by atoms with Crippen molar-refractivity contribution in [2.45, 2.75) is 46.3 Å². The van der Waals surface area contributed by atoms with Crippen LogP contribution in [0.4, 0.5) is 4.39 Å². The van der Waals surface area contributed by atoms with Gasteiger partial charge in [-0.15, -0.1) is 0 Å². The van der Waals surface area contributed by atoms with Gasteiger partial charge < -0.3 is 9.84 Å². The molecule has 2 nitrogen and oxygen atoms in total. The standard InChI is InChI=1S/C14H21FO2/c1-6-17-14(4,5)13(16)12-10(3)7-9(2)8-11(12)15/h7-8,13,16H,6H2,1-5H3. The van der Waals surface area contributed by atoms with E-state index in [0.29, 0.717) is 12.2 Å². The SMILES string of the molecule is CCOC(C)(C)C(O)c1c(C)cc(C)cc1F. The molecule has 1 aromatic carbocycles. The summed E-state index contributed by atoms with van der Waals surface area (Å²) in [4.78, 5) is 0. The van der Waals surface area contributed by atoms with E-state index in [2.05, 4.69) is 0 Å². The molecule has 3 heteroatoms. The van der Waals surface area contributed by atoms with Gasteiger partial charge >= 0.3 is 0 Å². The summed E-state index contributed by atoms with van der Waals surface area (Å²) in [5, 5.41) is 10.3. The lowest BCUT2D eigenvalue weighted by Gasteiger charge is -2.31. The van der Waals surface area contributed by atoms with Crippen LogP contribution in [-0.2, 0) is 4.74 Å².